The van der Waals surface area contributed by atoms with Crippen LogP contribution in [0.3, 0.4) is 0 Å². The lowest BCUT2D eigenvalue weighted by Gasteiger charge is -2.36. The molecule has 0 radical (unpaired) electrons. The monoisotopic (exact) mass is 344 g/mol. The van der Waals surface area contributed by atoms with E-state index in [1.54, 1.807) is 6.92 Å². The normalized spacial score (nSPS) is 22.5. The molecular weight excluding hydrogens is 312 g/mol. The molecule has 2 saturated heterocycles. The predicted octanol–water partition coefficient (Wildman–Crippen LogP) is 3.11. The summed E-state index contributed by atoms with van der Waals surface area (Å²) in [6.07, 6.45) is 2.89. The van der Waals surface area contributed by atoms with Crippen LogP contribution in [0.4, 0.5) is 0 Å². The zero-order chi connectivity index (χ0) is 18.0. The van der Waals surface area contributed by atoms with Gasteiger partial charge in [-0.05, 0) is 62.8 Å². The molecule has 1 atom stereocenters. The molecule has 0 amide bonds. The summed E-state index contributed by atoms with van der Waals surface area (Å²) in [5.41, 5.74) is 5.84. The highest BCUT2D eigenvalue weighted by molar-refractivity contribution is 5.97. The first kappa shape index (κ1) is 18.6. The highest BCUT2D eigenvalue weighted by atomic mass is 16.5. The van der Waals surface area contributed by atoms with Gasteiger partial charge in [-0.15, -0.1) is 0 Å². The summed E-state index contributed by atoms with van der Waals surface area (Å²) < 4.78 is 5.77. The predicted molar refractivity (Wildman–Crippen MR) is 101 cm³/mol. The van der Waals surface area contributed by atoms with Gasteiger partial charge in [-0.1, -0.05) is 6.07 Å². The molecule has 25 heavy (non-hydrogen) atoms. The van der Waals surface area contributed by atoms with E-state index in [2.05, 4.69) is 29.7 Å². The summed E-state index contributed by atoms with van der Waals surface area (Å²) in [6, 6.07) is 2.17. The molecule has 2 aliphatic heterocycles. The van der Waals surface area contributed by atoms with Crippen molar-refractivity contribution in [3.8, 4) is 0 Å². The zero-order valence-electron chi connectivity index (χ0n) is 16.2. The van der Waals surface area contributed by atoms with Crippen molar-refractivity contribution in [2.75, 3.05) is 39.3 Å². The Labute approximate surface area is 152 Å². The number of benzene rings is 1. The molecule has 2 fully saturated rings. The number of Topliss-reactive ketones (excluding diaryl/α,β-unsaturated/α-hetero) is 1. The lowest BCUT2D eigenvalue weighted by Crippen LogP contribution is -2.48. The molecule has 4 heteroatoms. The fraction of sp³-hybridized carbons (Fsp3) is 0.667. The first-order chi connectivity index (χ1) is 12.0. The van der Waals surface area contributed by atoms with Crippen LogP contribution in [0.1, 0.15) is 52.4 Å². The van der Waals surface area contributed by atoms with Crippen LogP contribution >= 0.6 is 0 Å². The summed E-state index contributed by atoms with van der Waals surface area (Å²) in [5.74, 6) is 0.178. The third-order valence-corrected chi connectivity index (χ3v) is 5.82. The summed E-state index contributed by atoms with van der Waals surface area (Å²) >= 11 is 0. The summed E-state index contributed by atoms with van der Waals surface area (Å²) in [6.45, 7) is 15.4. The maximum absolute atomic E-state index is 12.0. The van der Waals surface area contributed by atoms with E-state index < -0.39 is 0 Å². The quantitative estimate of drug-likeness (QED) is 0.769. The Bertz CT molecular complexity index is 627. The van der Waals surface area contributed by atoms with Gasteiger partial charge in [-0.3, -0.25) is 14.6 Å². The van der Waals surface area contributed by atoms with E-state index in [-0.39, 0.29) is 5.78 Å². The van der Waals surface area contributed by atoms with Crippen molar-refractivity contribution in [1.82, 2.24) is 9.80 Å². The SMILES string of the molecule is CC(=O)c1c(C)cc(C)c(CN2CCN(C[C@H]3CCCO3)CC2)c1C. The van der Waals surface area contributed by atoms with E-state index in [1.165, 1.54) is 29.5 Å². The second-order valence-electron chi connectivity index (χ2n) is 7.76. The van der Waals surface area contributed by atoms with Gasteiger partial charge < -0.3 is 4.74 Å². The molecular formula is C21H32N2O2. The summed E-state index contributed by atoms with van der Waals surface area (Å²) in [4.78, 5) is 17.1. The van der Waals surface area contributed by atoms with E-state index in [0.717, 1.165) is 57.0 Å². The van der Waals surface area contributed by atoms with Crippen LogP contribution in [0.2, 0.25) is 0 Å². The van der Waals surface area contributed by atoms with Gasteiger partial charge in [0, 0.05) is 51.4 Å². The topological polar surface area (TPSA) is 32.8 Å². The number of carbonyl (C=O) groups is 1. The van der Waals surface area contributed by atoms with Gasteiger partial charge in [-0.2, -0.15) is 0 Å². The van der Waals surface area contributed by atoms with Crippen LogP contribution < -0.4 is 0 Å². The molecule has 0 spiro atoms. The first-order valence-corrected chi connectivity index (χ1v) is 9.62. The molecule has 2 aliphatic rings. The molecule has 3 rings (SSSR count). The molecule has 0 bridgehead atoms. The Kier molecular flexibility index (Phi) is 5.92. The number of ether oxygens (including phenoxy) is 1. The Morgan fingerprint density at radius 2 is 1.80 bits per heavy atom. The zero-order valence-corrected chi connectivity index (χ0v) is 16.2. The maximum Gasteiger partial charge on any atom is 0.160 e. The highest BCUT2D eigenvalue weighted by Gasteiger charge is 2.24. The molecule has 0 unspecified atom stereocenters. The first-order valence-electron chi connectivity index (χ1n) is 9.62. The number of nitrogens with zero attached hydrogens (tertiary/aromatic N) is 2. The molecule has 1 aromatic carbocycles. The Balaban J connectivity index is 1.62. The van der Waals surface area contributed by atoms with E-state index in [0.29, 0.717) is 6.10 Å². The summed E-state index contributed by atoms with van der Waals surface area (Å²) in [7, 11) is 0. The van der Waals surface area contributed by atoms with Crippen molar-refractivity contribution in [2.24, 2.45) is 0 Å². The number of piperazine rings is 1. The van der Waals surface area contributed by atoms with Gasteiger partial charge in [0.2, 0.25) is 0 Å². The van der Waals surface area contributed by atoms with Crippen molar-refractivity contribution in [3.05, 3.63) is 33.9 Å². The second kappa shape index (κ2) is 7.98. The van der Waals surface area contributed by atoms with Gasteiger partial charge in [0.1, 0.15) is 0 Å². The Morgan fingerprint density at radius 1 is 1.12 bits per heavy atom. The number of hydrogen-bond donors (Lipinski definition) is 0. The van der Waals surface area contributed by atoms with Crippen molar-refractivity contribution in [3.63, 3.8) is 0 Å². The third-order valence-electron chi connectivity index (χ3n) is 5.82. The van der Waals surface area contributed by atoms with Gasteiger partial charge in [-0.25, -0.2) is 0 Å². The average Bonchev–Trinajstić information content (AvgIpc) is 3.05. The van der Waals surface area contributed by atoms with E-state index >= 15 is 0 Å². The van der Waals surface area contributed by atoms with Crippen LogP contribution in [0.15, 0.2) is 6.07 Å². The molecule has 0 N–H and O–H groups in total. The lowest BCUT2D eigenvalue weighted by atomic mass is 9.91. The second-order valence-corrected chi connectivity index (χ2v) is 7.76. The minimum absolute atomic E-state index is 0.178. The van der Waals surface area contributed by atoms with Gasteiger partial charge in [0.25, 0.3) is 0 Å². The van der Waals surface area contributed by atoms with Crippen LogP contribution in [0.5, 0.6) is 0 Å². The molecule has 138 valence electrons. The molecule has 0 aliphatic carbocycles. The standard InChI is InChI=1S/C21H32N2O2/c1-15-12-16(2)21(18(4)24)17(3)20(15)14-23-9-7-22(8-10-23)13-19-6-5-11-25-19/h12,19H,5-11,13-14H2,1-4H3/t19-/m1/s1. The Hall–Kier alpha value is -1.23. The van der Waals surface area contributed by atoms with Crippen LogP contribution in [-0.2, 0) is 11.3 Å². The van der Waals surface area contributed by atoms with Crippen molar-refractivity contribution >= 4 is 5.78 Å². The number of ketones is 1. The minimum Gasteiger partial charge on any atom is -0.377 e. The van der Waals surface area contributed by atoms with Crippen LogP contribution in [0, 0.1) is 20.8 Å². The fourth-order valence-electron chi connectivity index (χ4n) is 4.44. The fourth-order valence-corrected chi connectivity index (χ4v) is 4.44. The van der Waals surface area contributed by atoms with Crippen molar-refractivity contribution in [1.29, 1.82) is 0 Å². The smallest absolute Gasteiger partial charge is 0.160 e. The molecule has 4 nitrogen and oxygen atoms in total. The largest absolute Gasteiger partial charge is 0.377 e. The van der Waals surface area contributed by atoms with Gasteiger partial charge in [0.05, 0.1) is 6.10 Å². The molecule has 2 heterocycles. The number of aryl methyl sites for hydroxylation is 2. The number of rotatable bonds is 5. The third kappa shape index (κ3) is 4.30. The van der Waals surface area contributed by atoms with Gasteiger partial charge in [0.15, 0.2) is 5.78 Å². The summed E-state index contributed by atoms with van der Waals surface area (Å²) in [5, 5.41) is 0. The lowest BCUT2D eigenvalue weighted by molar-refractivity contribution is 0.0489. The van der Waals surface area contributed by atoms with E-state index in [9.17, 15) is 4.79 Å². The number of carbonyl (C=O) groups excluding carboxylic acids is 1. The van der Waals surface area contributed by atoms with Gasteiger partial charge >= 0.3 is 0 Å². The maximum atomic E-state index is 12.0. The number of hydrogen-bond acceptors (Lipinski definition) is 4. The molecule has 1 aromatic rings. The highest BCUT2D eigenvalue weighted by Crippen LogP contribution is 2.25. The van der Waals surface area contributed by atoms with Crippen LogP contribution in [-0.4, -0.2) is 61.0 Å². The minimum atomic E-state index is 0.178. The Morgan fingerprint density at radius 3 is 2.40 bits per heavy atom. The van der Waals surface area contributed by atoms with E-state index in [1.807, 2.05) is 6.92 Å². The van der Waals surface area contributed by atoms with Crippen molar-refractivity contribution in [2.45, 2.75) is 53.2 Å². The van der Waals surface area contributed by atoms with Crippen LogP contribution in [0.25, 0.3) is 0 Å². The van der Waals surface area contributed by atoms with Crippen molar-refractivity contribution < 1.29 is 9.53 Å². The van der Waals surface area contributed by atoms with E-state index in [4.69, 9.17) is 4.74 Å². The average molecular weight is 344 g/mol. The molecule has 0 saturated carbocycles. The molecule has 0 aromatic heterocycles.